The van der Waals surface area contributed by atoms with Crippen LogP contribution in [-0.4, -0.2) is 74.3 Å². The van der Waals surface area contributed by atoms with Gasteiger partial charge in [-0.2, -0.15) is 0 Å². The molecule has 4 N–H and O–H groups in total. The SMILES string of the molecule is CC(=O)NCCNc1nc2c(N3CCOC[C@@H]3C)nc(-c3cnc(N)nc3)nc2n1CC(C)C. The van der Waals surface area contributed by atoms with E-state index in [0.717, 1.165) is 17.0 Å². The fourth-order valence-corrected chi connectivity index (χ4v) is 3.90. The number of nitrogens with one attached hydrogen (secondary N) is 2. The zero-order valence-corrected chi connectivity index (χ0v) is 20.1. The van der Waals surface area contributed by atoms with Gasteiger partial charge in [0.05, 0.1) is 24.8 Å². The summed E-state index contributed by atoms with van der Waals surface area (Å²) in [5.41, 5.74) is 7.81. The summed E-state index contributed by atoms with van der Waals surface area (Å²) in [5.74, 6) is 2.44. The Balaban J connectivity index is 1.84. The minimum Gasteiger partial charge on any atom is -0.377 e. The molecule has 12 nitrogen and oxygen atoms in total. The highest BCUT2D eigenvalue weighted by Crippen LogP contribution is 2.31. The average molecular weight is 469 g/mol. The Morgan fingerprint density at radius 2 is 2.00 bits per heavy atom. The first-order valence-electron chi connectivity index (χ1n) is 11.5. The number of ether oxygens (including phenoxy) is 1. The standard InChI is InChI=1S/C22H32N10O2/c1-13(2)11-32-20-17(28-22(32)25-6-5-24-15(4)33)19(31-7-8-34-12-14(31)3)29-18(30-20)16-9-26-21(23)27-10-16/h9-10,13-14H,5-8,11-12H2,1-4H3,(H,24,33)(H,25,28)(H2,23,26,27)/t14-/m0/s1. The molecule has 3 aromatic rings. The molecule has 1 saturated heterocycles. The van der Waals surface area contributed by atoms with Crippen molar-refractivity contribution in [3.05, 3.63) is 12.4 Å². The first kappa shape index (κ1) is 23.6. The largest absolute Gasteiger partial charge is 0.377 e. The predicted octanol–water partition coefficient (Wildman–Crippen LogP) is 1.29. The van der Waals surface area contributed by atoms with Gasteiger partial charge in [-0.1, -0.05) is 13.8 Å². The second-order valence-corrected chi connectivity index (χ2v) is 8.84. The molecular weight excluding hydrogens is 436 g/mol. The molecule has 34 heavy (non-hydrogen) atoms. The highest BCUT2D eigenvalue weighted by Gasteiger charge is 2.27. The van der Waals surface area contributed by atoms with Gasteiger partial charge >= 0.3 is 0 Å². The number of nitrogens with zero attached hydrogens (tertiary/aromatic N) is 7. The van der Waals surface area contributed by atoms with E-state index in [-0.39, 0.29) is 17.9 Å². The third-order valence-electron chi connectivity index (χ3n) is 5.48. The van der Waals surface area contributed by atoms with Crippen LogP contribution in [0.5, 0.6) is 0 Å². The first-order chi connectivity index (χ1) is 16.3. The van der Waals surface area contributed by atoms with Crippen LogP contribution >= 0.6 is 0 Å². The number of fused-ring (bicyclic) bond motifs is 1. The highest BCUT2D eigenvalue weighted by atomic mass is 16.5. The molecule has 12 heteroatoms. The molecule has 0 aromatic carbocycles. The van der Waals surface area contributed by atoms with Crippen molar-refractivity contribution in [1.29, 1.82) is 0 Å². The van der Waals surface area contributed by atoms with Crippen molar-refractivity contribution in [2.75, 3.05) is 48.8 Å². The molecular formula is C22H32N10O2. The number of hydrogen-bond donors (Lipinski definition) is 3. The lowest BCUT2D eigenvalue weighted by Gasteiger charge is -2.34. The monoisotopic (exact) mass is 468 g/mol. The zero-order valence-electron chi connectivity index (χ0n) is 20.1. The quantitative estimate of drug-likeness (QED) is 0.413. The molecule has 3 aromatic heterocycles. The Hall–Kier alpha value is -3.54. The number of nitrogens with two attached hydrogens (primary N) is 1. The zero-order chi connectivity index (χ0) is 24.2. The van der Waals surface area contributed by atoms with E-state index in [1.807, 2.05) is 0 Å². The van der Waals surface area contributed by atoms with E-state index in [1.54, 1.807) is 12.4 Å². The molecule has 4 rings (SSSR count). The first-order valence-corrected chi connectivity index (χ1v) is 11.5. The molecule has 4 heterocycles. The summed E-state index contributed by atoms with van der Waals surface area (Å²) in [6, 6.07) is 0.133. The molecule has 1 amide bonds. The van der Waals surface area contributed by atoms with E-state index in [2.05, 4.69) is 50.8 Å². The maximum absolute atomic E-state index is 11.2. The fourth-order valence-electron chi connectivity index (χ4n) is 3.90. The Bertz CT molecular complexity index is 1140. The molecule has 1 atom stereocenters. The lowest BCUT2D eigenvalue weighted by molar-refractivity contribution is -0.118. The van der Waals surface area contributed by atoms with E-state index in [1.165, 1.54) is 6.92 Å². The summed E-state index contributed by atoms with van der Waals surface area (Å²) >= 11 is 0. The van der Waals surface area contributed by atoms with Crippen molar-refractivity contribution < 1.29 is 9.53 Å². The van der Waals surface area contributed by atoms with Crippen molar-refractivity contribution in [1.82, 2.24) is 34.8 Å². The van der Waals surface area contributed by atoms with Crippen molar-refractivity contribution in [2.45, 2.75) is 40.3 Å². The molecule has 0 bridgehead atoms. The topological polar surface area (TPSA) is 149 Å². The van der Waals surface area contributed by atoms with Gasteiger partial charge in [0.1, 0.15) is 0 Å². The van der Waals surface area contributed by atoms with Crippen LogP contribution in [0.4, 0.5) is 17.7 Å². The van der Waals surface area contributed by atoms with Gasteiger partial charge in [0.15, 0.2) is 22.8 Å². The number of rotatable bonds is 8. The Morgan fingerprint density at radius 3 is 2.68 bits per heavy atom. The van der Waals surface area contributed by atoms with Gasteiger partial charge in [0.2, 0.25) is 17.8 Å². The number of carbonyl (C=O) groups is 1. The van der Waals surface area contributed by atoms with Crippen molar-refractivity contribution in [2.24, 2.45) is 5.92 Å². The fraction of sp³-hybridized carbons (Fsp3) is 0.545. The normalized spacial score (nSPS) is 16.3. The highest BCUT2D eigenvalue weighted by molar-refractivity contribution is 5.88. The summed E-state index contributed by atoms with van der Waals surface area (Å²) < 4.78 is 7.72. The lowest BCUT2D eigenvalue weighted by Crippen LogP contribution is -2.44. The molecule has 1 aliphatic heterocycles. The van der Waals surface area contributed by atoms with Crippen LogP contribution in [0.3, 0.4) is 0 Å². The number of amides is 1. The molecule has 1 aliphatic rings. The van der Waals surface area contributed by atoms with Crippen LogP contribution in [0.2, 0.25) is 0 Å². The van der Waals surface area contributed by atoms with Gasteiger partial charge in [0.25, 0.3) is 0 Å². The van der Waals surface area contributed by atoms with Gasteiger partial charge in [-0.25, -0.2) is 24.9 Å². The predicted molar refractivity (Wildman–Crippen MR) is 130 cm³/mol. The van der Waals surface area contributed by atoms with Crippen molar-refractivity contribution in [3.63, 3.8) is 0 Å². The van der Waals surface area contributed by atoms with E-state index in [4.69, 9.17) is 25.4 Å². The lowest BCUT2D eigenvalue weighted by atomic mass is 10.2. The number of nitrogen functional groups attached to an aromatic ring is 1. The third-order valence-corrected chi connectivity index (χ3v) is 5.48. The summed E-state index contributed by atoms with van der Waals surface area (Å²) in [6.07, 6.45) is 3.26. The molecule has 0 radical (unpaired) electrons. The minimum atomic E-state index is -0.0673. The van der Waals surface area contributed by atoms with E-state index in [9.17, 15) is 4.79 Å². The summed E-state index contributed by atoms with van der Waals surface area (Å²) in [6.45, 7) is 11.6. The smallest absolute Gasteiger partial charge is 0.219 e. The van der Waals surface area contributed by atoms with Gasteiger partial charge < -0.3 is 26.0 Å². The minimum absolute atomic E-state index is 0.0673. The molecule has 1 fully saturated rings. The van der Waals surface area contributed by atoms with Crippen LogP contribution in [0.1, 0.15) is 27.7 Å². The molecule has 0 aliphatic carbocycles. The third kappa shape index (κ3) is 5.16. The maximum atomic E-state index is 11.2. The Morgan fingerprint density at radius 1 is 1.24 bits per heavy atom. The average Bonchev–Trinajstić information content (AvgIpc) is 3.13. The van der Waals surface area contributed by atoms with Crippen LogP contribution in [0.25, 0.3) is 22.6 Å². The number of carbonyl (C=O) groups excluding carboxylic acids is 1. The van der Waals surface area contributed by atoms with E-state index < -0.39 is 0 Å². The van der Waals surface area contributed by atoms with E-state index in [0.29, 0.717) is 62.6 Å². The summed E-state index contributed by atoms with van der Waals surface area (Å²) in [7, 11) is 0. The van der Waals surface area contributed by atoms with Crippen LogP contribution in [0.15, 0.2) is 12.4 Å². The number of morpholine rings is 1. The second kappa shape index (κ2) is 10.2. The van der Waals surface area contributed by atoms with E-state index >= 15 is 0 Å². The number of aromatic nitrogens is 6. The molecule has 0 spiro atoms. The van der Waals surface area contributed by atoms with Crippen LogP contribution < -0.4 is 21.3 Å². The van der Waals surface area contributed by atoms with Gasteiger partial charge in [-0.3, -0.25) is 9.36 Å². The molecule has 0 unspecified atom stereocenters. The molecule has 182 valence electrons. The summed E-state index contributed by atoms with van der Waals surface area (Å²) in [4.78, 5) is 36.4. The molecule has 0 saturated carbocycles. The van der Waals surface area contributed by atoms with Gasteiger partial charge in [-0.05, 0) is 12.8 Å². The van der Waals surface area contributed by atoms with Gasteiger partial charge in [0, 0.05) is 45.5 Å². The second-order valence-electron chi connectivity index (χ2n) is 8.84. The van der Waals surface area contributed by atoms with Crippen molar-refractivity contribution >= 4 is 34.8 Å². The number of imidazole rings is 1. The maximum Gasteiger partial charge on any atom is 0.219 e. The van der Waals surface area contributed by atoms with Crippen molar-refractivity contribution in [3.8, 4) is 11.4 Å². The summed E-state index contributed by atoms with van der Waals surface area (Å²) in [5, 5.41) is 6.16. The number of anilines is 3. The van der Waals surface area contributed by atoms with Crippen LogP contribution in [-0.2, 0) is 16.1 Å². The van der Waals surface area contributed by atoms with Crippen LogP contribution in [0, 0.1) is 5.92 Å². The number of hydrogen-bond acceptors (Lipinski definition) is 10. The Labute approximate surface area is 198 Å². The Kier molecular flexibility index (Phi) is 7.06. The van der Waals surface area contributed by atoms with Gasteiger partial charge in [-0.15, -0.1) is 0 Å².